The van der Waals surface area contributed by atoms with E-state index < -0.39 is 23.8 Å². The first-order chi connectivity index (χ1) is 12.5. The molecule has 0 aliphatic carbocycles. The van der Waals surface area contributed by atoms with Crippen molar-refractivity contribution >= 4 is 29.3 Å². The fourth-order valence-electron chi connectivity index (χ4n) is 3.85. The first-order valence-electron chi connectivity index (χ1n) is 8.89. The molecule has 3 heterocycles. The summed E-state index contributed by atoms with van der Waals surface area (Å²) in [6.07, 6.45) is 2.27. The minimum atomic E-state index is -0.925. The summed E-state index contributed by atoms with van der Waals surface area (Å²) in [6, 6.07) is 4.32. The third-order valence-electron chi connectivity index (χ3n) is 5.40. The van der Waals surface area contributed by atoms with Crippen LogP contribution in [0.3, 0.4) is 0 Å². The van der Waals surface area contributed by atoms with Gasteiger partial charge in [0, 0.05) is 25.2 Å². The zero-order chi connectivity index (χ0) is 18.4. The molecule has 4 rings (SSSR count). The molecule has 1 radical (unpaired) electrons. The van der Waals surface area contributed by atoms with Gasteiger partial charge in [-0.15, -0.1) is 0 Å². The summed E-state index contributed by atoms with van der Waals surface area (Å²) in [6.45, 7) is 5.82. The van der Waals surface area contributed by atoms with Gasteiger partial charge in [0.1, 0.15) is 6.04 Å². The van der Waals surface area contributed by atoms with Gasteiger partial charge >= 0.3 is 0 Å². The number of carbonyl (C=O) groups is 4. The summed E-state index contributed by atoms with van der Waals surface area (Å²) in [5.74, 6) is -1.45. The zero-order valence-electron chi connectivity index (χ0n) is 14.4. The highest BCUT2D eigenvalue weighted by atomic mass is 16.2. The molecule has 7 heteroatoms. The third kappa shape index (κ3) is 2.67. The van der Waals surface area contributed by atoms with Crippen LogP contribution in [0.15, 0.2) is 18.2 Å². The van der Waals surface area contributed by atoms with Crippen molar-refractivity contribution in [2.24, 2.45) is 5.92 Å². The number of amides is 4. The Morgan fingerprint density at radius 1 is 0.962 bits per heavy atom. The summed E-state index contributed by atoms with van der Waals surface area (Å²) >= 11 is 0. The number of hydrogen-bond donors (Lipinski definition) is 1. The van der Waals surface area contributed by atoms with Crippen molar-refractivity contribution in [2.45, 2.75) is 31.7 Å². The molecule has 135 valence electrons. The van der Waals surface area contributed by atoms with Crippen LogP contribution >= 0.6 is 0 Å². The van der Waals surface area contributed by atoms with E-state index in [4.69, 9.17) is 0 Å². The molecule has 2 fully saturated rings. The molecular weight excluding hydrogens is 334 g/mol. The Kier molecular flexibility index (Phi) is 4.01. The topological polar surface area (TPSA) is 86.8 Å². The van der Waals surface area contributed by atoms with Crippen LogP contribution < -0.4 is 10.2 Å². The molecule has 3 aliphatic heterocycles. The van der Waals surface area contributed by atoms with Gasteiger partial charge in [0.25, 0.3) is 11.8 Å². The summed E-state index contributed by atoms with van der Waals surface area (Å²) in [7, 11) is 0. The fraction of sp³-hybridized carbons (Fsp3) is 0.421. The highest BCUT2D eigenvalue weighted by Gasteiger charge is 2.44. The average molecular weight is 354 g/mol. The molecule has 1 aromatic rings. The molecule has 0 spiro atoms. The van der Waals surface area contributed by atoms with Crippen LogP contribution in [0.5, 0.6) is 0 Å². The Morgan fingerprint density at radius 3 is 2.35 bits per heavy atom. The van der Waals surface area contributed by atoms with Crippen LogP contribution in [-0.4, -0.2) is 47.7 Å². The maximum atomic E-state index is 12.8. The lowest BCUT2D eigenvalue weighted by molar-refractivity contribution is -0.136. The van der Waals surface area contributed by atoms with E-state index in [1.165, 1.54) is 0 Å². The number of anilines is 1. The van der Waals surface area contributed by atoms with Gasteiger partial charge in [-0.05, 0) is 43.4 Å². The number of rotatable bonds is 2. The number of benzene rings is 1. The highest BCUT2D eigenvalue weighted by molar-refractivity contribution is 6.23. The molecule has 0 saturated carbocycles. The van der Waals surface area contributed by atoms with E-state index in [0.717, 1.165) is 36.5 Å². The minimum absolute atomic E-state index is 0.120. The molecule has 1 N–H and O–H groups in total. The molecule has 1 unspecified atom stereocenters. The van der Waals surface area contributed by atoms with Crippen LogP contribution in [0.4, 0.5) is 5.69 Å². The van der Waals surface area contributed by atoms with Gasteiger partial charge in [-0.1, -0.05) is 6.92 Å². The molecule has 26 heavy (non-hydrogen) atoms. The predicted octanol–water partition coefficient (Wildman–Crippen LogP) is 1.14. The van der Waals surface area contributed by atoms with E-state index in [2.05, 4.69) is 17.1 Å². The normalized spacial score (nSPS) is 24.1. The molecule has 7 nitrogen and oxygen atoms in total. The van der Waals surface area contributed by atoms with Crippen molar-refractivity contribution < 1.29 is 19.2 Å². The Hall–Kier alpha value is -2.70. The summed E-state index contributed by atoms with van der Waals surface area (Å²) in [4.78, 5) is 52.1. The Bertz CT molecular complexity index is 811. The van der Waals surface area contributed by atoms with E-state index in [1.807, 2.05) is 6.07 Å². The predicted molar refractivity (Wildman–Crippen MR) is 93.4 cm³/mol. The van der Waals surface area contributed by atoms with Crippen LogP contribution in [0, 0.1) is 12.8 Å². The van der Waals surface area contributed by atoms with Gasteiger partial charge in [0.05, 0.1) is 11.1 Å². The second-order valence-electron chi connectivity index (χ2n) is 7.11. The maximum absolute atomic E-state index is 12.8. The zero-order valence-corrected chi connectivity index (χ0v) is 14.4. The monoisotopic (exact) mass is 354 g/mol. The van der Waals surface area contributed by atoms with Crippen LogP contribution in [0.1, 0.15) is 46.4 Å². The van der Waals surface area contributed by atoms with Crippen molar-refractivity contribution in [1.29, 1.82) is 0 Å². The highest BCUT2D eigenvalue weighted by Crippen LogP contribution is 2.31. The summed E-state index contributed by atoms with van der Waals surface area (Å²) < 4.78 is 0. The molecule has 2 saturated heterocycles. The van der Waals surface area contributed by atoms with Crippen LogP contribution in [0.2, 0.25) is 0 Å². The summed E-state index contributed by atoms with van der Waals surface area (Å²) in [5.41, 5.74) is 1.55. The van der Waals surface area contributed by atoms with Gasteiger partial charge in [0.2, 0.25) is 11.8 Å². The van der Waals surface area contributed by atoms with Crippen molar-refractivity contribution in [2.75, 3.05) is 18.0 Å². The molecule has 1 aromatic carbocycles. The smallest absolute Gasteiger partial charge is 0.262 e. The first kappa shape index (κ1) is 16.8. The molecule has 0 aromatic heterocycles. The molecule has 3 aliphatic rings. The first-order valence-corrected chi connectivity index (χ1v) is 8.89. The number of hydrogen-bond acceptors (Lipinski definition) is 5. The van der Waals surface area contributed by atoms with E-state index in [9.17, 15) is 19.2 Å². The molecular formula is C19H20N3O4. The van der Waals surface area contributed by atoms with Crippen molar-refractivity contribution in [3.05, 3.63) is 36.2 Å². The number of imide groups is 2. The molecule has 1 atom stereocenters. The van der Waals surface area contributed by atoms with Gasteiger partial charge in [0.15, 0.2) is 0 Å². The lowest BCUT2D eigenvalue weighted by Crippen LogP contribution is -2.54. The molecule has 4 amide bonds. The number of nitrogens with one attached hydrogen (secondary N) is 1. The van der Waals surface area contributed by atoms with E-state index in [-0.39, 0.29) is 18.7 Å². The quantitative estimate of drug-likeness (QED) is 0.805. The third-order valence-corrected chi connectivity index (χ3v) is 5.40. The van der Waals surface area contributed by atoms with Gasteiger partial charge < -0.3 is 4.90 Å². The van der Waals surface area contributed by atoms with Gasteiger partial charge in [-0.3, -0.25) is 29.4 Å². The Labute approximate surface area is 151 Å². The average Bonchev–Trinajstić information content (AvgIpc) is 2.87. The maximum Gasteiger partial charge on any atom is 0.262 e. The second kappa shape index (κ2) is 6.23. The standard InChI is InChI=1S/C19H20N3O4/c1-11-6-8-21(9-7-11)12-2-3-13-14(10-12)19(26)22(18(13)25)15-4-5-16(23)20-17(15)24/h2-3,10-11,15H,1,4-9H2,(H,20,23,24). The SMILES string of the molecule is [CH2]C1CCN(c2ccc3c(c2)C(=O)N(C2CCC(=O)NC2=O)C3=O)CC1. The van der Waals surface area contributed by atoms with Crippen LogP contribution in [0.25, 0.3) is 0 Å². The minimum Gasteiger partial charge on any atom is -0.371 e. The largest absolute Gasteiger partial charge is 0.371 e. The lowest BCUT2D eigenvalue weighted by Gasteiger charge is -2.32. The van der Waals surface area contributed by atoms with Crippen LogP contribution in [-0.2, 0) is 9.59 Å². The summed E-state index contributed by atoms with van der Waals surface area (Å²) in [5, 5.41) is 2.20. The van der Waals surface area contributed by atoms with Crippen molar-refractivity contribution in [3.63, 3.8) is 0 Å². The second-order valence-corrected chi connectivity index (χ2v) is 7.11. The van der Waals surface area contributed by atoms with E-state index >= 15 is 0 Å². The molecule has 0 bridgehead atoms. The van der Waals surface area contributed by atoms with Crippen molar-refractivity contribution in [1.82, 2.24) is 10.2 Å². The van der Waals surface area contributed by atoms with Gasteiger partial charge in [-0.25, -0.2) is 0 Å². The Morgan fingerprint density at radius 2 is 1.65 bits per heavy atom. The number of fused-ring (bicyclic) bond motifs is 1. The number of piperidine rings is 2. The number of nitrogens with zero attached hydrogens (tertiary/aromatic N) is 2. The van der Waals surface area contributed by atoms with E-state index in [0.29, 0.717) is 17.0 Å². The van der Waals surface area contributed by atoms with E-state index in [1.54, 1.807) is 12.1 Å². The van der Waals surface area contributed by atoms with Gasteiger partial charge in [-0.2, -0.15) is 0 Å². The fourth-order valence-corrected chi connectivity index (χ4v) is 3.85. The lowest BCUT2D eigenvalue weighted by atomic mass is 9.98. The van der Waals surface area contributed by atoms with Crippen molar-refractivity contribution in [3.8, 4) is 0 Å². The Balaban J connectivity index is 1.60. The number of carbonyl (C=O) groups excluding carboxylic acids is 4.